The zero-order chi connectivity index (χ0) is 12.5. The molecule has 2 nitrogen and oxygen atoms in total. The van der Waals surface area contributed by atoms with Crippen molar-refractivity contribution in [2.45, 2.75) is 33.1 Å². The lowest BCUT2D eigenvalue weighted by Gasteiger charge is -1.99. The van der Waals surface area contributed by atoms with Crippen LogP contribution in [-0.2, 0) is 11.2 Å². The lowest BCUT2D eigenvalue weighted by Crippen LogP contribution is -2.19. The number of hydrogen-bond acceptors (Lipinski definition) is 1. The van der Waals surface area contributed by atoms with Crippen LogP contribution in [0.15, 0.2) is 24.3 Å². The van der Waals surface area contributed by atoms with Gasteiger partial charge in [-0.15, -0.1) is 0 Å². The molecule has 0 saturated carbocycles. The van der Waals surface area contributed by atoms with Gasteiger partial charge in [0, 0.05) is 12.5 Å². The fourth-order valence-corrected chi connectivity index (χ4v) is 1.45. The average Bonchev–Trinajstić information content (AvgIpc) is 2.33. The van der Waals surface area contributed by atoms with Gasteiger partial charge in [-0.2, -0.15) is 0 Å². The summed E-state index contributed by atoms with van der Waals surface area (Å²) in [6.45, 7) is 4.10. The molecule has 0 spiro atoms. The summed E-state index contributed by atoms with van der Waals surface area (Å²) in [6, 6.07) is 8.31. The number of amides is 1. The molecule has 0 atom stereocenters. The Balaban J connectivity index is 2.47. The van der Waals surface area contributed by atoms with Crippen LogP contribution < -0.4 is 5.32 Å². The number of nitrogens with one attached hydrogen (secondary N) is 1. The van der Waals surface area contributed by atoms with Gasteiger partial charge >= 0.3 is 0 Å². The number of carbonyl (C=O) groups is 1. The molecule has 1 rings (SSSR count). The van der Waals surface area contributed by atoms with Gasteiger partial charge in [0.25, 0.3) is 0 Å². The van der Waals surface area contributed by atoms with Crippen LogP contribution >= 0.6 is 0 Å². The predicted molar refractivity (Wildman–Crippen MR) is 70.6 cm³/mol. The highest BCUT2D eigenvalue weighted by atomic mass is 16.1. The van der Waals surface area contributed by atoms with E-state index >= 15 is 0 Å². The minimum absolute atomic E-state index is 0.0470. The molecule has 0 fully saturated rings. The summed E-state index contributed by atoms with van der Waals surface area (Å²) in [5, 5.41) is 2.64. The summed E-state index contributed by atoms with van der Waals surface area (Å²) < 4.78 is 0. The van der Waals surface area contributed by atoms with Crippen LogP contribution in [0.2, 0.25) is 0 Å². The molecule has 1 amide bonds. The van der Waals surface area contributed by atoms with Crippen molar-refractivity contribution < 1.29 is 4.79 Å². The van der Waals surface area contributed by atoms with Gasteiger partial charge < -0.3 is 5.32 Å². The number of rotatable bonds is 4. The van der Waals surface area contributed by atoms with E-state index in [0.29, 0.717) is 6.54 Å². The SMILES string of the molecule is CCCCc1ccc(C#CCNC(C)=O)cc1. The minimum Gasteiger partial charge on any atom is -0.345 e. The molecule has 0 saturated heterocycles. The van der Waals surface area contributed by atoms with Gasteiger partial charge in [-0.3, -0.25) is 4.79 Å². The average molecular weight is 229 g/mol. The van der Waals surface area contributed by atoms with Crippen LogP contribution in [0.1, 0.15) is 37.8 Å². The molecule has 2 heteroatoms. The van der Waals surface area contributed by atoms with Crippen molar-refractivity contribution in [1.29, 1.82) is 0 Å². The van der Waals surface area contributed by atoms with Crippen LogP contribution in [0.3, 0.4) is 0 Å². The van der Waals surface area contributed by atoms with Gasteiger partial charge in [0.2, 0.25) is 5.91 Å². The Morgan fingerprint density at radius 2 is 2.00 bits per heavy atom. The van der Waals surface area contributed by atoms with Gasteiger partial charge in [0.15, 0.2) is 0 Å². The van der Waals surface area contributed by atoms with Crippen molar-refractivity contribution in [2.75, 3.05) is 6.54 Å². The van der Waals surface area contributed by atoms with Crippen LogP contribution in [0.25, 0.3) is 0 Å². The third-order valence-corrected chi connectivity index (χ3v) is 2.43. The second-order valence-corrected chi connectivity index (χ2v) is 4.01. The zero-order valence-electron chi connectivity index (χ0n) is 10.5. The largest absolute Gasteiger partial charge is 0.345 e. The second-order valence-electron chi connectivity index (χ2n) is 4.01. The molecule has 90 valence electrons. The fraction of sp³-hybridized carbons (Fsp3) is 0.400. The summed E-state index contributed by atoms with van der Waals surface area (Å²) >= 11 is 0. The molecule has 0 heterocycles. The van der Waals surface area contributed by atoms with Crippen LogP contribution in [-0.4, -0.2) is 12.5 Å². The number of benzene rings is 1. The fourth-order valence-electron chi connectivity index (χ4n) is 1.45. The third kappa shape index (κ3) is 5.77. The van der Waals surface area contributed by atoms with Crippen molar-refractivity contribution in [2.24, 2.45) is 0 Å². The van der Waals surface area contributed by atoms with Crippen LogP contribution in [0.4, 0.5) is 0 Å². The Bertz CT molecular complexity index is 409. The van der Waals surface area contributed by atoms with E-state index in [2.05, 4.69) is 36.2 Å². The molecule has 0 bridgehead atoms. The monoisotopic (exact) mass is 229 g/mol. The summed E-state index contributed by atoms with van der Waals surface area (Å²) in [4.78, 5) is 10.6. The Morgan fingerprint density at radius 1 is 1.29 bits per heavy atom. The maximum Gasteiger partial charge on any atom is 0.217 e. The van der Waals surface area contributed by atoms with Gasteiger partial charge in [0.1, 0.15) is 0 Å². The zero-order valence-corrected chi connectivity index (χ0v) is 10.5. The predicted octanol–water partition coefficient (Wildman–Crippen LogP) is 2.52. The molecule has 1 aromatic carbocycles. The lowest BCUT2D eigenvalue weighted by molar-refractivity contribution is -0.118. The Kier molecular flexibility index (Phi) is 5.88. The first-order chi connectivity index (χ1) is 8.22. The van der Waals surface area contributed by atoms with E-state index in [1.54, 1.807) is 0 Å². The topological polar surface area (TPSA) is 29.1 Å². The van der Waals surface area contributed by atoms with E-state index in [0.717, 1.165) is 12.0 Å². The molecule has 1 N–H and O–H groups in total. The van der Waals surface area contributed by atoms with E-state index in [9.17, 15) is 4.79 Å². The molecule has 0 aliphatic heterocycles. The van der Waals surface area contributed by atoms with Gasteiger partial charge in [-0.05, 0) is 30.5 Å². The van der Waals surface area contributed by atoms with Gasteiger partial charge in [-0.25, -0.2) is 0 Å². The van der Waals surface area contributed by atoms with E-state index in [-0.39, 0.29) is 5.91 Å². The molecular weight excluding hydrogens is 210 g/mol. The smallest absolute Gasteiger partial charge is 0.217 e. The first-order valence-electron chi connectivity index (χ1n) is 6.04. The molecular formula is C15H19NO. The highest BCUT2D eigenvalue weighted by Gasteiger charge is 1.92. The quantitative estimate of drug-likeness (QED) is 0.790. The number of aryl methyl sites for hydroxylation is 1. The Labute approximate surface area is 103 Å². The van der Waals surface area contributed by atoms with Crippen molar-refractivity contribution in [1.82, 2.24) is 5.32 Å². The summed E-state index contributed by atoms with van der Waals surface area (Å²) in [5.41, 5.74) is 2.36. The summed E-state index contributed by atoms with van der Waals surface area (Å²) in [6.07, 6.45) is 3.59. The van der Waals surface area contributed by atoms with Crippen molar-refractivity contribution in [3.05, 3.63) is 35.4 Å². The molecule has 0 aliphatic rings. The molecule has 0 unspecified atom stereocenters. The number of hydrogen-bond donors (Lipinski definition) is 1. The highest BCUT2D eigenvalue weighted by Crippen LogP contribution is 2.06. The number of unbranched alkanes of at least 4 members (excludes halogenated alkanes) is 1. The first kappa shape index (κ1) is 13.3. The highest BCUT2D eigenvalue weighted by molar-refractivity contribution is 5.73. The second kappa shape index (κ2) is 7.51. The maximum absolute atomic E-state index is 10.6. The van der Waals surface area contributed by atoms with E-state index in [1.165, 1.54) is 25.3 Å². The minimum atomic E-state index is -0.0470. The molecule has 0 aliphatic carbocycles. The number of carbonyl (C=O) groups excluding carboxylic acids is 1. The Morgan fingerprint density at radius 3 is 2.59 bits per heavy atom. The molecule has 0 radical (unpaired) electrons. The van der Waals surface area contributed by atoms with E-state index in [4.69, 9.17) is 0 Å². The van der Waals surface area contributed by atoms with E-state index in [1.807, 2.05) is 12.1 Å². The van der Waals surface area contributed by atoms with E-state index < -0.39 is 0 Å². The summed E-state index contributed by atoms with van der Waals surface area (Å²) in [7, 11) is 0. The summed E-state index contributed by atoms with van der Waals surface area (Å²) in [5.74, 6) is 5.89. The van der Waals surface area contributed by atoms with Gasteiger partial charge in [0.05, 0.1) is 6.54 Å². The van der Waals surface area contributed by atoms with Gasteiger partial charge in [-0.1, -0.05) is 37.3 Å². The molecule has 17 heavy (non-hydrogen) atoms. The molecule has 0 aromatic heterocycles. The van der Waals surface area contributed by atoms with Crippen LogP contribution in [0.5, 0.6) is 0 Å². The van der Waals surface area contributed by atoms with Crippen molar-refractivity contribution >= 4 is 5.91 Å². The molecule has 1 aromatic rings. The first-order valence-corrected chi connectivity index (χ1v) is 6.04. The van der Waals surface area contributed by atoms with Crippen molar-refractivity contribution in [3.8, 4) is 11.8 Å². The van der Waals surface area contributed by atoms with Crippen LogP contribution in [0, 0.1) is 11.8 Å². The third-order valence-electron chi connectivity index (χ3n) is 2.43. The normalized spacial score (nSPS) is 9.29. The Hall–Kier alpha value is -1.75. The standard InChI is InChI=1S/C15H19NO/c1-3-4-6-14-8-10-15(11-9-14)7-5-12-16-13(2)17/h8-11H,3-4,6,12H2,1-2H3,(H,16,17). The van der Waals surface area contributed by atoms with Crippen molar-refractivity contribution in [3.63, 3.8) is 0 Å². The lowest BCUT2D eigenvalue weighted by atomic mass is 10.1. The maximum atomic E-state index is 10.6.